The van der Waals surface area contributed by atoms with Crippen molar-refractivity contribution in [2.24, 2.45) is 0 Å². The summed E-state index contributed by atoms with van der Waals surface area (Å²) in [5.74, 6) is 2.48. The fourth-order valence-electron chi connectivity index (χ4n) is 3.21. The van der Waals surface area contributed by atoms with Crippen LogP contribution in [0.1, 0.15) is 16.5 Å². The number of nitrogens with zero attached hydrogens (tertiary/aromatic N) is 1. The summed E-state index contributed by atoms with van der Waals surface area (Å²) in [4.78, 5) is 14.8. The van der Waals surface area contributed by atoms with Crippen molar-refractivity contribution in [2.75, 3.05) is 17.6 Å². The van der Waals surface area contributed by atoms with E-state index in [-0.39, 0.29) is 11.4 Å². The molecule has 1 saturated heterocycles. The van der Waals surface area contributed by atoms with E-state index in [1.54, 1.807) is 11.8 Å². The van der Waals surface area contributed by atoms with E-state index in [0.29, 0.717) is 0 Å². The van der Waals surface area contributed by atoms with E-state index in [9.17, 15) is 4.79 Å². The summed E-state index contributed by atoms with van der Waals surface area (Å²) in [6.07, 6.45) is 0. The first-order valence-electron chi connectivity index (χ1n) is 9.28. The number of para-hydroxylation sites is 2. The number of rotatable bonds is 4. The third-order valence-electron chi connectivity index (χ3n) is 4.66. The number of hydrogen-bond donors (Lipinski definition) is 1. The van der Waals surface area contributed by atoms with Crippen LogP contribution in [0.4, 0.5) is 10.5 Å². The van der Waals surface area contributed by atoms with E-state index in [1.807, 2.05) is 84.6 Å². The van der Waals surface area contributed by atoms with Gasteiger partial charge in [-0.25, -0.2) is 4.79 Å². The number of benzene rings is 3. The molecule has 0 unspecified atom stereocenters. The molecule has 1 aliphatic heterocycles. The summed E-state index contributed by atoms with van der Waals surface area (Å²) in [5.41, 5.74) is 2.97. The van der Waals surface area contributed by atoms with Crippen molar-refractivity contribution in [1.82, 2.24) is 4.90 Å². The lowest BCUT2D eigenvalue weighted by Gasteiger charge is -2.25. The summed E-state index contributed by atoms with van der Waals surface area (Å²) in [6, 6.07) is 25.5. The number of urea groups is 1. The Labute approximate surface area is 169 Å². The Hall–Kier alpha value is -2.92. The first-order valence-corrected chi connectivity index (χ1v) is 10.3. The van der Waals surface area contributed by atoms with Gasteiger partial charge >= 0.3 is 6.03 Å². The van der Waals surface area contributed by atoms with Gasteiger partial charge in [0, 0.05) is 18.0 Å². The van der Waals surface area contributed by atoms with Crippen LogP contribution in [0.25, 0.3) is 0 Å². The van der Waals surface area contributed by atoms with Crippen molar-refractivity contribution in [1.29, 1.82) is 0 Å². The van der Waals surface area contributed by atoms with Crippen LogP contribution in [0.15, 0.2) is 78.9 Å². The Bertz CT molecular complexity index is 962. The summed E-state index contributed by atoms with van der Waals surface area (Å²) in [5, 5.41) is 3.02. The molecule has 1 atom stereocenters. The summed E-state index contributed by atoms with van der Waals surface area (Å²) in [7, 11) is 0. The van der Waals surface area contributed by atoms with Crippen LogP contribution in [0.2, 0.25) is 0 Å². The lowest BCUT2D eigenvalue weighted by molar-refractivity contribution is 0.214. The fraction of sp³-hybridized carbons (Fsp3) is 0.174. The van der Waals surface area contributed by atoms with Gasteiger partial charge < -0.3 is 15.0 Å². The van der Waals surface area contributed by atoms with Gasteiger partial charge in [0.15, 0.2) is 0 Å². The van der Waals surface area contributed by atoms with Gasteiger partial charge in [-0.05, 0) is 48.4 Å². The molecule has 28 heavy (non-hydrogen) atoms. The zero-order valence-corrected chi connectivity index (χ0v) is 16.5. The van der Waals surface area contributed by atoms with E-state index >= 15 is 0 Å². The largest absolute Gasteiger partial charge is 0.457 e. The minimum Gasteiger partial charge on any atom is -0.457 e. The van der Waals surface area contributed by atoms with Gasteiger partial charge in [0.1, 0.15) is 16.9 Å². The zero-order valence-electron chi connectivity index (χ0n) is 15.7. The van der Waals surface area contributed by atoms with Crippen molar-refractivity contribution >= 4 is 23.5 Å². The topological polar surface area (TPSA) is 41.6 Å². The number of carbonyl (C=O) groups is 1. The van der Waals surface area contributed by atoms with Gasteiger partial charge in [0.05, 0.1) is 0 Å². The summed E-state index contributed by atoms with van der Waals surface area (Å²) >= 11 is 1.77. The minimum absolute atomic E-state index is 0.0247. The van der Waals surface area contributed by atoms with Crippen molar-refractivity contribution in [3.8, 4) is 11.5 Å². The number of ether oxygens (including phenoxy) is 1. The van der Waals surface area contributed by atoms with E-state index in [4.69, 9.17) is 4.74 Å². The van der Waals surface area contributed by atoms with E-state index < -0.39 is 0 Å². The Balaban J connectivity index is 1.51. The molecule has 1 N–H and O–H groups in total. The second-order valence-electron chi connectivity index (χ2n) is 6.65. The molecular formula is C23H22N2O2S. The molecule has 3 aromatic rings. The van der Waals surface area contributed by atoms with Crippen LogP contribution in [0.5, 0.6) is 11.5 Å². The quantitative estimate of drug-likeness (QED) is 0.588. The number of anilines is 1. The molecule has 1 heterocycles. The Morgan fingerprint density at radius 2 is 1.75 bits per heavy atom. The molecule has 0 saturated carbocycles. The maximum absolute atomic E-state index is 12.9. The lowest BCUT2D eigenvalue weighted by Crippen LogP contribution is -2.34. The molecule has 0 radical (unpaired) electrons. The number of aryl methyl sites for hydroxylation is 1. The summed E-state index contributed by atoms with van der Waals surface area (Å²) < 4.78 is 5.96. The van der Waals surface area contributed by atoms with Crippen molar-refractivity contribution in [2.45, 2.75) is 12.3 Å². The second-order valence-corrected chi connectivity index (χ2v) is 7.84. The highest BCUT2D eigenvalue weighted by Crippen LogP contribution is 2.39. The van der Waals surface area contributed by atoms with Crippen LogP contribution in [0.3, 0.4) is 0 Å². The average molecular weight is 391 g/mol. The normalized spacial score (nSPS) is 16.0. The first kappa shape index (κ1) is 18.4. The van der Waals surface area contributed by atoms with Crippen LogP contribution < -0.4 is 10.1 Å². The number of amides is 2. The van der Waals surface area contributed by atoms with Crippen LogP contribution in [-0.4, -0.2) is 23.2 Å². The third kappa shape index (κ3) is 4.15. The third-order valence-corrected chi connectivity index (χ3v) is 5.92. The molecule has 0 bridgehead atoms. The molecule has 0 spiro atoms. The van der Waals surface area contributed by atoms with E-state index in [1.165, 1.54) is 0 Å². The predicted octanol–water partition coefficient (Wildman–Crippen LogP) is 6.07. The maximum atomic E-state index is 12.9. The number of nitrogens with one attached hydrogen (secondary N) is 1. The number of hydrogen-bond acceptors (Lipinski definition) is 3. The van der Waals surface area contributed by atoms with Crippen molar-refractivity contribution in [3.05, 3.63) is 90.0 Å². The maximum Gasteiger partial charge on any atom is 0.323 e. The van der Waals surface area contributed by atoms with Crippen LogP contribution >= 0.6 is 11.8 Å². The fourth-order valence-corrected chi connectivity index (χ4v) is 4.46. The Kier molecular flexibility index (Phi) is 5.53. The molecule has 2 amide bonds. The van der Waals surface area contributed by atoms with E-state index in [2.05, 4.69) is 11.4 Å². The van der Waals surface area contributed by atoms with Gasteiger partial charge in [-0.15, -0.1) is 11.8 Å². The molecule has 0 aliphatic carbocycles. The molecule has 4 rings (SSSR count). The highest BCUT2D eigenvalue weighted by molar-refractivity contribution is 7.99. The van der Waals surface area contributed by atoms with Gasteiger partial charge in [0.2, 0.25) is 0 Å². The number of thioether (sulfide) groups is 1. The molecule has 142 valence electrons. The first-order chi connectivity index (χ1) is 13.7. The van der Waals surface area contributed by atoms with Gasteiger partial charge in [-0.2, -0.15) is 0 Å². The Morgan fingerprint density at radius 3 is 2.57 bits per heavy atom. The monoisotopic (exact) mass is 390 g/mol. The van der Waals surface area contributed by atoms with Crippen LogP contribution in [-0.2, 0) is 0 Å². The van der Waals surface area contributed by atoms with Gasteiger partial charge in [0.25, 0.3) is 0 Å². The van der Waals surface area contributed by atoms with E-state index in [0.717, 1.165) is 40.6 Å². The molecular weight excluding hydrogens is 368 g/mol. The molecule has 0 aromatic heterocycles. The smallest absolute Gasteiger partial charge is 0.323 e. The van der Waals surface area contributed by atoms with Crippen molar-refractivity contribution < 1.29 is 9.53 Å². The average Bonchev–Trinajstić information content (AvgIpc) is 3.21. The molecule has 4 nitrogen and oxygen atoms in total. The highest BCUT2D eigenvalue weighted by Gasteiger charge is 2.31. The lowest BCUT2D eigenvalue weighted by atomic mass is 10.2. The van der Waals surface area contributed by atoms with Gasteiger partial charge in [-0.3, -0.25) is 0 Å². The van der Waals surface area contributed by atoms with Crippen molar-refractivity contribution in [3.63, 3.8) is 0 Å². The molecule has 1 fully saturated rings. The minimum atomic E-state index is -0.0707. The van der Waals surface area contributed by atoms with Gasteiger partial charge in [-0.1, -0.05) is 48.5 Å². The molecule has 1 aliphatic rings. The summed E-state index contributed by atoms with van der Waals surface area (Å²) in [6.45, 7) is 2.72. The highest BCUT2D eigenvalue weighted by atomic mass is 32.2. The number of carbonyl (C=O) groups excluding carboxylic acids is 1. The zero-order chi connectivity index (χ0) is 19.3. The molecule has 5 heteroatoms. The van der Waals surface area contributed by atoms with Crippen LogP contribution in [0, 0.1) is 6.92 Å². The second kappa shape index (κ2) is 8.40. The molecule has 3 aromatic carbocycles. The SMILES string of the molecule is Cc1ccccc1NC(=O)N1CCS[C@H]1c1cccc(Oc2ccccc2)c1. The predicted molar refractivity (Wildman–Crippen MR) is 115 cm³/mol. The Morgan fingerprint density at radius 1 is 1.00 bits per heavy atom. The standard InChI is InChI=1S/C23H22N2O2S/c1-17-8-5-6-13-21(17)24-23(26)25-14-15-28-22(25)18-9-7-12-20(16-18)27-19-10-3-2-4-11-19/h2-13,16,22H,14-15H2,1H3,(H,24,26)/t22-/m0/s1.